The van der Waals surface area contributed by atoms with E-state index in [-0.39, 0.29) is 25.0 Å². The van der Waals surface area contributed by atoms with E-state index in [1.54, 1.807) is 24.3 Å². The Hall–Kier alpha value is -1.03. The Kier molecular flexibility index (Phi) is 10.2. The fourth-order valence-electron chi connectivity index (χ4n) is 1.59. The summed E-state index contributed by atoms with van der Waals surface area (Å²) in [6, 6.07) is 5.10. The summed E-state index contributed by atoms with van der Waals surface area (Å²) in [5.74, 6) is -0.536. The Morgan fingerprint density at radius 1 is 1.40 bits per heavy atom. The summed E-state index contributed by atoms with van der Waals surface area (Å²) in [4.78, 5) is 11.9. The standard InChI is InChI=1S/C13H15Cl2NO2.C2H6/c1-2-3-10(13(18)16-6-7-17)9-4-5-11(14)12(15)8-9;1-2/h2,4-5,8,10,17H,1,3,6-7H2,(H,16,18);1-2H3/t10-;/m0./s1. The molecule has 0 radical (unpaired) electrons. The first-order valence-electron chi connectivity index (χ1n) is 6.54. The first-order chi connectivity index (χ1) is 9.60. The van der Waals surface area contributed by atoms with Crippen LogP contribution in [-0.2, 0) is 4.79 Å². The fourth-order valence-corrected chi connectivity index (χ4v) is 1.90. The average molecular weight is 318 g/mol. The van der Waals surface area contributed by atoms with Crippen molar-refractivity contribution in [2.24, 2.45) is 0 Å². The van der Waals surface area contributed by atoms with Crippen LogP contribution in [-0.4, -0.2) is 24.2 Å². The van der Waals surface area contributed by atoms with Gasteiger partial charge in [-0.3, -0.25) is 4.79 Å². The Morgan fingerprint density at radius 3 is 2.55 bits per heavy atom. The highest BCUT2D eigenvalue weighted by molar-refractivity contribution is 6.42. The van der Waals surface area contributed by atoms with Crippen molar-refractivity contribution in [2.75, 3.05) is 13.2 Å². The molecule has 1 aromatic carbocycles. The van der Waals surface area contributed by atoms with Crippen molar-refractivity contribution in [3.8, 4) is 0 Å². The Balaban J connectivity index is 0.00000172. The maximum absolute atomic E-state index is 11.9. The Labute approximate surface area is 130 Å². The molecule has 1 amide bonds. The smallest absolute Gasteiger partial charge is 0.227 e. The van der Waals surface area contributed by atoms with Gasteiger partial charge in [0.15, 0.2) is 0 Å². The maximum atomic E-state index is 11.9. The second-order valence-electron chi connectivity index (χ2n) is 3.77. The third kappa shape index (κ3) is 5.95. The number of rotatable bonds is 6. The quantitative estimate of drug-likeness (QED) is 0.784. The lowest BCUT2D eigenvalue weighted by atomic mass is 9.95. The lowest BCUT2D eigenvalue weighted by molar-refractivity contribution is -0.122. The molecule has 2 N–H and O–H groups in total. The summed E-state index contributed by atoms with van der Waals surface area (Å²) in [6.45, 7) is 7.78. The first kappa shape index (κ1) is 19.0. The first-order valence-corrected chi connectivity index (χ1v) is 7.30. The zero-order chi connectivity index (χ0) is 15.5. The van der Waals surface area contributed by atoms with Crippen LogP contribution in [0.5, 0.6) is 0 Å². The van der Waals surface area contributed by atoms with Gasteiger partial charge >= 0.3 is 0 Å². The van der Waals surface area contributed by atoms with Gasteiger partial charge in [0.2, 0.25) is 5.91 Å². The zero-order valence-electron chi connectivity index (χ0n) is 11.8. The van der Waals surface area contributed by atoms with E-state index in [4.69, 9.17) is 28.3 Å². The van der Waals surface area contributed by atoms with Crippen molar-refractivity contribution in [3.63, 3.8) is 0 Å². The summed E-state index contributed by atoms with van der Waals surface area (Å²) >= 11 is 11.8. The molecule has 112 valence electrons. The van der Waals surface area contributed by atoms with Crippen molar-refractivity contribution in [2.45, 2.75) is 26.2 Å². The Morgan fingerprint density at radius 2 is 2.05 bits per heavy atom. The van der Waals surface area contributed by atoms with Crippen LogP contribution in [0.15, 0.2) is 30.9 Å². The van der Waals surface area contributed by atoms with Gasteiger partial charge in [-0.25, -0.2) is 0 Å². The number of benzene rings is 1. The third-order valence-electron chi connectivity index (χ3n) is 2.48. The van der Waals surface area contributed by atoms with Crippen LogP contribution < -0.4 is 5.32 Å². The molecule has 0 unspecified atom stereocenters. The Bertz CT molecular complexity index is 436. The molecule has 0 aromatic heterocycles. The maximum Gasteiger partial charge on any atom is 0.227 e. The van der Waals surface area contributed by atoms with Crippen molar-refractivity contribution < 1.29 is 9.90 Å². The highest BCUT2D eigenvalue weighted by atomic mass is 35.5. The molecule has 0 aliphatic rings. The molecule has 20 heavy (non-hydrogen) atoms. The van der Waals surface area contributed by atoms with E-state index in [0.717, 1.165) is 5.56 Å². The second kappa shape index (κ2) is 10.7. The topological polar surface area (TPSA) is 49.3 Å². The van der Waals surface area contributed by atoms with Gasteiger partial charge in [0.05, 0.1) is 22.6 Å². The van der Waals surface area contributed by atoms with Crippen LogP contribution in [0.25, 0.3) is 0 Å². The number of nitrogens with one attached hydrogen (secondary N) is 1. The molecule has 0 bridgehead atoms. The van der Waals surface area contributed by atoms with Crippen molar-refractivity contribution >= 4 is 29.1 Å². The van der Waals surface area contributed by atoms with E-state index in [2.05, 4.69) is 11.9 Å². The lowest BCUT2D eigenvalue weighted by Crippen LogP contribution is -2.31. The summed E-state index contributed by atoms with van der Waals surface area (Å²) < 4.78 is 0. The van der Waals surface area contributed by atoms with Crippen molar-refractivity contribution in [1.29, 1.82) is 0 Å². The van der Waals surface area contributed by atoms with E-state index >= 15 is 0 Å². The van der Waals surface area contributed by atoms with Crippen LogP contribution in [0, 0.1) is 0 Å². The van der Waals surface area contributed by atoms with E-state index in [0.29, 0.717) is 16.5 Å². The minimum absolute atomic E-state index is 0.0894. The molecule has 3 nitrogen and oxygen atoms in total. The number of hydrogen-bond donors (Lipinski definition) is 2. The van der Waals surface area contributed by atoms with Crippen LogP contribution >= 0.6 is 23.2 Å². The molecule has 0 saturated carbocycles. The predicted molar refractivity (Wildman–Crippen MR) is 85.5 cm³/mol. The van der Waals surface area contributed by atoms with Gasteiger partial charge in [0, 0.05) is 6.54 Å². The molecular formula is C15H21Cl2NO2. The van der Waals surface area contributed by atoms with Crippen molar-refractivity contribution in [1.82, 2.24) is 5.32 Å². The number of allylic oxidation sites excluding steroid dienone is 1. The molecule has 5 heteroatoms. The summed E-state index contributed by atoms with van der Waals surface area (Å²) in [6.07, 6.45) is 2.17. The zero-order valence-corrected chi connectivity index (χ0v) is 13.3. The summed E-state index contributed by atoms with van der Waals surface area (Å²) in [7, 11) is 0. The largest absolute Gasteiger partial charge is 0.395 e. The third-order valence-corrected chi connectivity index (χ3v) is 3.21. The van der Waals surface area contributed by atoms with Gasteiger partial charge in [0.1, 0.15) is 0 Å². The van der Waals surface area contributed by atoms with E-state index in [1.165, 1.54) is 0 Å². The minimum atomic E-state index is -0.371. The van der Waals surface area contributed by atoms with Gasteiger partial charge in [-0.1, -0.05) is 49.2 Å². The summed E-state index contributed by atoms with van der Waals surface area (Å²) in [5.41, 5.74) is 0.778. The molecule has 0 aliphatic heterocycles. The lowest BCUT2D eigenvalue weighted by Gasteiger charge is -2.15. The van der Waals surface area contributed by atoms with Gasteiger partial charge < -0.3 is 10.4 Å². The number of halogens is 2. The molecule has 0 saturated heterocycles. The van der Waals surface area contributed by atoms with E-state index in [1.807, 2.05) is 13.8 Å². The second-order valence-corrected chi connectivity index (χ2v) is 4.58. The fraction of sp³-hybridized carbons (Fsp3) is 0.400. The van der Waals surface area contributed by atoms with E-state index < -0.39 is 0 Å². The minimum Gasteiger partial charge on any atom is -0.395 e. The van der Waals surface area contributed by atoms with Gasteiger partial charge in [-0.2, -0.15) is 0 Å². The van der Waals surface area contributed by atoms with Gasteiger partial charge in [0.25, 0.3) is 0 Å². The highest BCUT2D eigenvalue weighted by Crippen LogP contribution is 2.28. The van der Waals surface area contributed by atoms with Crippen LogP contribution in [0.4, 0.5) is 0 Å². The van der Waals surface area contributed by atoms with Crippen LogP contribution in [0.3, 0.4) is 0 Å². The molecule has 0 aliphatic carbocycles. The SMILES string of the molecule is C=CC[C@H](C(=O)NCCO)c1ccc(Cl)c(Cl)c1.CC. The highest BCUT2D eigenvalue weighted by Gasteiger charge is 2.19. The molecule has 0 fully saturated rings. The predicted octanol–water partition coefficient (Wildman–Crippen LogP) is 3.79. The molecule has 1 rings (SSSR count). The molecule has 0 spiro atoms. The summed E-state index contributed by atoms with van der Waals surface area (Å²) in [5, 5.41) is 12.2. The molecular weight excluding hydrogens is 297 g/mol. The molecule has 0 heterocycles. The van der Waals surface area contributed by atoms with E-state index in [9.17, 15) is 4.79 Å². The van der Waals surface area contributed by atoms with Gasteiger partial charge in [-0.05, 0) is 24.1 Å². The normalized spacial score (nSPS) is 11.1. The van der Waals surface area contributed by atoms with Crippen LogP contribution in [0.1, 0.15) is 31.7 Å². The number of aliphatic hydroxyl groups excluding tert-OH is 1. The number of hydrogen-bond acceptors (Lipinski definition) is 2. The number of aliphatic hydroxyl groups is 1. The number of amides is 1. The average Bonchev–Trinajstić information content (AvgIpc) is 2.47. The monoisotopic (exact) mass is 317 g/mol. The van der Waals surface area contributed by atoms with Crippen LogP contribution in [0.2, 0.25) is 10.0 Å². The van der Waals surface area contributed by atoms with Crippen molar-refractivity contribution in [3.05, 3.63) is 46.5 Å². The number of carbonyl (C=O) groups is 1. The number of carbonyl (C=O) groups excluding carboxylic acids is 1. The molecule has 1 aromatic rings. The van der Waals surface area contributed by atoms with Gasteiger partial charge in [-0.15, -0.1) is 6.58 Å². The molecule has 1 atom stereocenters.